The molecule has 0 saturated carbocycles. The van der Waals surface area contributed by atoms with Gasteiger partial charge in [0, 0.05) is 23.0 Å². The van der Waals surface area contributed by atoms with Crippen molar-refractivity contribution < 1.29 is 23.8 Å². The summed E-state index contributed by atoms with van der Waals surface area (Å²) < 4.78 is 18.2. The third-order valence-corrected chi connectivity index (χ3v) is 6.02. The Morgan fingerprint density at radius 1 is 0.917 bits per heavy atom. The van der Waals surface area contributed by atoms with E-state index >= 15 is 0 Å². The summed E-state index contributed by atoms with van der Waals surface area (Å²) in [5.74, 6) is 1.12. The highest BCUT2D eigenvalue weighted by atomic mass is 79.9. The molecule has 0 aliphatic rings. The average molecular weight is 619 g/mol. The molecule has 2 amide bonds. The van der Waals surface area contributed by atoms with E-state index in [1.165, 1.54) is 6.21 Å². The summed E-state index contributed by atoms with van der Waals surface area (Å²) in [4.78, 5) is 24.2. The minimum atomic E-state index is -0.378. The van der Waals surface area contributed by atoms with E-state index in [0.717, 1.165) is 10.0 Å². The molecule has 0 spiro atoms. The topological polar surface area (TPSA) is 98.2 Å². The van der Waals surface area contributed by atoms with E-state index in [4.69, 9.17) is 14.2 Å². The molecule has 0 radical (unpaired) electrons. The van der Waals surface area contributed by atoms with Crippen LogP contribution in [0.2, 0.25) is 0 Å². The predicted molar refractivity (Wildman–Crippen MR) is 146 cm³/mol. The zero-order valence-electron chi connectivity index (χ0n) is 19.7. The number of hydrogen-bond donors (Lipinski definition) is 2. The monoisotopic (exact) mass is 617 g/mol. The minimum Gasteiger partial charge on any atom is -0.497 e. The Morgan fingerprint density at radius 3 is 2.28 bits per heavy atom. The third-order valence-electron chi connectivity index (χ3n) is 4.90. The Bertz CT molecular complexity index is 1220. The van der Waals surface area contributed by atoms with Crippen LogP contribution in [-0.4, -0.2) is 32.2 Å². The molecule has 0 saturated heterocycles. The van der Waals surface area contributed by atoms with Crippen LogP contribution in [0.4, 0.5) is 5.69 Å². The standard InChI is InChI=1S/C26H25Br2N3O5/c1-34-21-9-7-20(8-10-21)30-24(32)11-12-25(33)31-29-15-18-13-22(28)26(23(14-18)35-2)36-16-17-3-5-19(27)6-4-17/h3-10,13-15H,11-12,16H2,1-2H3,(H,30,32)(H,31,33). The number of carbonyl (C=O) groups excluding carboxylic acids is 2. The van der Waals surface area contributed by atoms with Gasteiger partial charge < -0.3 is 19.5 Å². The van der Waals surface area contributed by atoms with Crippen molar-refractivity contribution in [2.45, 2.75) is 19.4 Å². The summed E-state index contributed by atoms with van der Waals surface area (Å²) in [6, 6.07) is 18.3. The Labute approximate surface area is 226 Å². The number of hydrazone groups is 1. The smallest absolute Gasteiger partial charge is 0.240 e. The van der Waals surface area contributed by atoms with Gasteiger partial charge in [-0.25, -0.2) is 5.43 Å². The lowest BCUT2D eigenvalue weighted by Crippen LogP contribution is -2.20. The maximum absolute atomic E-state index is 12.1. The van der Waals surface area contributed by atoms with Crippen LogP contribution in [0.5, 0.6) is 17.2 Å². The van der Waals surface area contributed by atoms with Crippen LogP contribution in [-0.2, 0) is 16.2 Å². The maximum Gasteiger partial charge on any atom is 0.240 e. The Morgan fingerprint density at radius 2 is 1.61 bits per heavy atom. The Hall–Kier alpha value is -3.37. The van der Waals surface area contributed by atoms with Gasteiger partial charge in [0.15, 0.2) is 11.5 Å². The van der Waals surface area contributed by atoms with Crippen molar-refractivity contribution in [2.75, 3.05) is 19.5 Å². The number of rotatable bonds is 11. The molecule has 0 bridgehead atoms. The molecule has 0 aromatic heterocycles. The van der Waals surface area contributed by atoms with E-state index in [1.807, 2.05) is 24.3 Å². The van der Waals surface area contributed by atoms with E-state index in [-0.39, 0.29) is 24.7 Å². The van der Waals surface area contributed by atoms with E-state index in [9.17, 15) is 9.59 Å². The minimum absolute atomic E-state index is 0.00478. The molecule has 8 nitrogen and oxygen atoms in total. The van der Waals surface area contributed by atoms with Gasteiger partial charge in [-0.3, -0.25) is 9.59 Å². The second kappa shape index (κ2) is 13.6. The summed E-state index contributed by atoms with van der Waals surface area (Å²) in [6.07, 6.45) is 1.51. The van der Waals surface area contributed by atoms with Crippen molar-refractivity contribution >= 4 is 55.6 Å². The summed E-state index contributed by atoms with van der Waals surface area (Å²) >= 11 is 6.92. The van der Waals surface area contributed by atoms with E-state index in [2.05, 4.69) is 47.7 Å². The number of amides is 2. The summed E-state index contributed by atoms with van der Waals surface area (Å²) in [6.45, 7) is 0.373. The molecule has 2 N–H and O–H groups in total. The van der Waals surface area contributed by atoms with Crippen molar-refractivity contribution in [3.05, 3.63) is 80.7 Å². The predicted octanol–water partition coefficient (Wildman–Crippen LogP) is 5.68. The fraction of sp³-hybridized carbons (Fsp3) is 0.192. The molecule has 0 fully saturated rings. The second-order valence-electron chi connectivity index (χ2n) is 7.52. The lowest BCUT2D eigenvalue weighted by molar-refractivity contribution is -0.124. The molecule has 0 unspecified atom stereocenters. The van der Waals surface area contributed by atoms with Crippen molar-refractivity contribution in [1.29, 1.82) is 0 Å². The zero-order chi connectivity index (χ0) is 25.9. The van der Waals surface area contributed by atoms with Crippen molar-refractivity contribution in [1.82, 2.24) is 5.43 Å². The molecule has 188 valence electrons. The van der Waals surface area contributed by atoms with Gasteiger partial charge in [-0.2, -0.15) is 5.10 Å². The number of carbonyl (C=O) groups is 2. The normalized spacial score (nSPS) is 10.7. The zero-order valence-corrected chi connectivity index (χ0v) is 22.9. The van der Waals surface area contributed by atoms with Crippen LogP contribution in [0.15, 0.2) is 74.7 Å². The number of nitrogens with zero attached hydrogens (tertiary/aromatic N) is 1. The highest BCUT2D eigenvalue weighted by Crippen LogP contribution is 2.37. The van der Waals surface area contributed by atoms with E-state index in [0.29, 0.717) is 39.6 Å². The van der Waals surface area contributed by atoms with Crippen LogP contribution in [0.25, 0.3) is 0 Å². The molecule has 0 aliphatic carbocycles. The molecule has 36 heavy (non-hydrogen) atoms. The summed E-state index contributed by atoms with van der Waals surface area (Å²) in [5, 5.41) is 6.71. The molecular formula is C26H25Br2N3O5. The highest BCUT2D eigenvalue weighted by molar-refractivity contribution is 9.10. The van der Waals surface area contributed by atoms with E-state index < -0.39 is 0 Å². The maximum atomic E-state index is 12.1. The fourth-order valence-electron chi connectivity index (χ4n) is 3.05. The molecule has 0 atom stereocenters. The lowest BCUT2D eigenvalue weighted by Gasteiger charge is -2.13. The largest absolute Gasteiger partial charge is 0.497 e. The number of anilines is 1. The Balaban J connectivity index is 1.49. The third kappa shape index (κ3) is 8.39. The first kappa shape index (κ1) is 27.2. The highest BCUT2D eigenvalue weighted by Gasteiger charge is 2.12. The fourth-order valence-corrected chi connectivity index (χ4v) is 3.89. The van der Waals surface area contributed by atoms with Gasteiger partial charge in [-0.15, -0.1) is 0 Å². The summed E-state index contributed by atoms with van der Waals surface area (Å²) in [5.41, 5.74) is 4.76. The second-order valence-corrected chi connectivity index (χ2v) is 9.29. The van der Waals surface area contributed by atoms with Crippen molar-refractivity contribution in [3.8, 4) is 17.2 Å². The molecule has 3 aromatic carbocycles. The molecule has 0 heterocycles. The van der Waals surface area contributed by atoms with Crippen molar-refractivity contribution in [2.24, 2.45) is 5.10 Å². The molecule has 0 aliphatic heterocycles. The number of ether oxygens (including phenoxy) is 3. The number of hydrogen-bond acceptors (Lipinski definition) is 6. The first-order valence-corrected chi connectivity index (χ1v) is 12.5. The summed E-state index contributed by atoms with van der Waals surface area (Å²) in [7, 11) is 3.12. The molecule has 10 heteroatoms. The van der Waals surface area contributed by atoms with Crippen molar-refractivity contribution in [3.63, 3.8) is 0 Å². The van der Waals surface area contributed by atoms with Crippen LogP contribution >= 0.6 is 31.9 Å². The molecule has 3 rings (SSSR count). The number of methoxy groups -OCH3 is 2. The van der Waals surface area contributed by atoms with Crippen LogP contribution in [0, 0.1) is 0 Å². The van der Waals surface area contributed by atoms with Gasteiger partial charge in [-0.05, 0) is 75.6 Å². The lowest BCUT2D eigenvalue weighted by atomic mass is 10.2. The van der Waals surface area contributed by atoms with Gasteiger partial charge >= 0.3 is 0 Å². The first-order chi connectivity index (χ1) is 17.4. The SMILES string of the molecule is COc1ccc(NC(=O)CCC(=O)NN=Cc2cc(Br)c(OCc3ccc(Br)cc3)c(OC)c2)cc1. The van der Waals surface area contributed by atoms with Gasteiger partial charge in [0.2, 0.25) is 11.8 Å². The van der Waals surface area contributed by atoms with Gasteiger partial charge in [0.1, 0.15) is 12.4 Å². The Kier molecular flexibility index (Phi) is 10.3. The first-order valence-electron chi connectivity index (χ1n) is 10.9. The average Bonchev–Trinajstić information content (AvgIpc) is 2.88. The quantitative estimate of drug-likeness (QED) is 0.213. The van der Waals surface area contributed by atoms with Crippen LogP contribution in [0.1, 0.15) is 24.0 Å². The number of benzene rings is 3. The molecule has 3 aromatic rings. The van der Waals surface area contributed by atoms with Gasteiger partial charge in [0.05, 0.1) is 24.9 Å². The van der Waals surface area contributed by atoms with Crippen LogP contribution < -0.4 is 25.0 Å². The number of halogens is 2. The van der Waals surface area contributed by atoms with Crippen LogP contribution in [0.3, 0.4) is 0 Å². The molecular weight excluding hydrogens is 594 g/mol. The van der Waals surface area contributed by atoms with Gasteiger partial charge in [0.25, 0.3) is 0 Å². The van der Waals surface area contributed by atoms with E-state index in [1.54, 1.807) is 50.6 Å². The number of nitrogens with one attached hydrogen (secondary N) is 2. The van der Waals surface area contributed by atoms with Gasteiger partial charge in [-0.1, -0.05) is 28.1 Å².